The van der Waals surface area contributed by atoms with Gasteiger partial charge in [-0.15, -0.1) is 0 Å². The first-order chi connectivity index (χ1) is 10.2. The summed E-state index contributed by atoms with van der Waals surface area (Å²) in [7, 11) is 0. The highest BCUT2D eigenvalue weighted by Crippen LogP contribution is 2.24. The smallest absolute Gasteiger partial charge is 0.123 e. The fraction of sp³-hybridized carbons (Fsp3) is 0.588. The minimum Gasteiger partial charge on any atom is -0.384 e. The standard InChI is InChI=1S/C17H26N4/c18-17(19)16-8-4-1-5-14(16)13-20-9-11-21(12-10-20)15-6-2-3-7-15/h1,4-5,8,15H,2-3,6-7,9-13H2,(H3,18,19). The normalized spacial score (nSPS) is 21.7. The van der Waals surface area contributed by atoms with Gasteiger partial charge in [-0.3, -0.25) is 15.2 Å². The summed E-state index contributed by atoms with van der Waals surface area (Å²) in [5.41, 5.74) is 7.75. The van der Waals surface area contributed by atoms with Crippen molar-refractivity contribution in [2.75, 3.05) is 26.2 Å². The van der Waals surface area contributed by atoms with Gasteiger partial charge in [-0.2, -0.15) is 0 Å². The van der Waals surface area contributed by atoms with Gasteiger partial charge in [0.2, 0.25) is 0 Å². The van der Waals surface area contributed by atoms with E-state index < -0.39 is 0 Å². The number of rotatable bonds is 4. The summed E-state index contributed by atoms with van der Waals surface area (Å²) < 4.78 is 0. The molecule has 0 unspecified atom stereocenters. The van der Waals surface area contributed by atoms with Crippen molar-refractivity contribution in [2.24, 2.45) is 5.73 Å². The maximum Gasteiger partial charge on any atom is 0.123 e. The van der Waals surface area contributed by atoms with E-state index in [0.717, 1.165) is 31.2 Å². The average molecular weight is 286 g/mol. The van der Waals surface area contributed by atoms with Crippen molar-refractivity contribution < 1.29 is 0 Å². The first-order valence-corrected chi connectivity index (χ1v) is 8.13. The van der Waals surface area contributed by atoms with Crippen molar-refractivity contribution in [3.63, 3.8) is 0 Å². The molecule has 3 rings (SSSR count). The maximum absolute atomic E-state index is 7.69. The lowest BCUT2D eigenvalue weighted by Crippen LogP contribution is -2.49. The Morgan fingerprint density at radius 2 is 1.76 bits per heavy atom. The number of hydrogen-bond acceptors (Lipinski definition) is 3. The second kappa shape index (κ2) is 6.58. The minimum absolute atomic E-state index is 0.176. The Kier molecular flexibility index (Phi) is 4.56. The third kappa shape index (κ3) is 3.44. The molecule has 4 nitrogen and oxygen atoms in total. The summed E-state index contributed by atoms with van der Waals surface area (Å²) in [6, 6.07) is 8.89. The van der Waals surface area contributed by atoms with Gasteiger partial charge in [-0.05, 0) is 18.4 Å². The van der Waals surface area contributed by atoms with E-state index in [1.807, 2.05) is 18.2 Å². The summed E-state index contributed by atoms with van der Waals surface area (Å²) in [5, 5.41) is 7.69. The van der Waals surface area contributed by atoms with E-state index in [1.54, 1.807) is 0 Å². The fourth-order valence-electron chi connectivity index (χ4n) is 3.72. The number of benzene rings is 1. The fourth-order valence-corrected chi connectivity index (χ4v) is 3.72. The number of hydrogen-bond donors (Lipinski definition) is 2. The Labute approximate surface area is 127 Å². The number of nitrogens with two attached hydrogens (primary N) is 1. The van der Waals surface area contributed by atoms with Crippen LogP contribution in [0.25, 0.3) is 0 Å². The highest BCUT2D eigenvalue weighted by atomic mass is 15.3. The Bertz CT molecular complexity index is 485. The SMILES string of the molecule is N=C(N)c1ccccc1CN1CCN(C2CCCC2)CC1. The molecule has 1 heterocycles. The van der Waals surface area contributed by atoms with Crippen LogP contribution in [-0.2, 0) is 6.54 Å². The third-order valence-corrected chi connectivity index (χ3v) is 4.95. The highest BCUT2D eigenvalue weighted by Gasteiger charge is 2.26. The molecule has 0 atom stereocenters. The number of piperazine rings is 1. The topological polar surface area (TPSA) is 56.4 Å². The van der Waals surface area contributed by atoms with Gasteiger partial charge in [0.1, 0.15) is 5.84 Å². The van der Waals surface area contributed by atoms with Crippen LogP contribution in [0.15, 0.2) is 24.3 Å². The predicted octanol–water partition coefficient (Wildman–Crippen LogP) is 2.03. The quantitative estimate of drug-likeness (QED) is 0.658. The monoisotopic (exact) mass is 286 g/mol. The Hall–Kier alpha value is -1.39. The Morgan fingerprint density at radius 1 is 1.10 bits per heavy atom. The molecule has 1 saturated heterocycles. The van der Waals surface area contributed by atoms with Crippen LogP contribution < -0.4 is 5.73 Å². The molecule has 0 radical (unpaired) electrons. The van der Waals surface area contributed by atoms with Gasteiger partial charge in [-0.25, -0.2) is 0 Å². The molecule has 0 bridgehead atoms. The molecular weight excluding hydrogens is 260 g/mol. The van der Waals surface area contributed by atoms with Gasteiger partial charge >= 0.3 is 0 Å². The third-order valence-electron chi connectivity index (χ3n) is 4.95. The molecule has 2 aliphatic rings. The molecule has 1 aromatic rings. The van der Waals surface area contributed by atoms with Crippen molar-refractivity contribution in [1.82, 2.24) is 9.80 Å². The van der Waals surface area contributed by atoms with Gasteiger partial charge in [0.05, 0.1) is 0 Å². The van der Waals surface area contributed by atoms with Crippen molar-refractivity contribution in [2.45, 2.75) is 38.3 Å². The molecule has 21 heavy (non-hydrogen) atoms. The molecular formula is C17H26N4. The largest absolute Gasteiger partial charge is 0.384 e. The van der Waals surface area contributed by atoms with E-state index in [0.29, 0.717) is 0 Å². The van der Waals surface area contributed by atoms with E-state index >= 15 is 0 Å². The van der Waals surface area contributed by atoms with E-state index in [9.17, 15) is 0 Å². The number of nitrogens with one attached hydrogen (secondary N) is 1. The lowest BCUT2D eigenvalue weighted by molar-refractivity contribution is 0.0937. The predicted molar refractivity (Wildman–Crippen MR) is 86.6 cm³/mol. The average Bonchev–Trinajstić information content (AvgIpc) is 3.03. The first-order valence-electron chi connectivity index (χ1n) is 8.13. The molecule has 1 saturated carbocycles. The van der Waals surface area contributed by atoms with Crippen molar-refractivity contribution in [1.29, 1.82) is 5.41 Å². The molecule has 1 aliphatic heterocycles. The molecule has 114 valence electrons. The molecule has 0 aromatic heterocycles. The number of nitrogens with zero attached hydrogens (tertiary/aromatic N) is 2. The van der Waals surface area contributed by atoms with Crippen LogP contribution in [0.3, 0.4) is 0 Å². The summed E-state index contributed by atoms with van der Waals surface area (Å²) >= 11 is 0. The van der Waals surface area contributed by atoms with Crippen LogP contribution in [0.4, 0.5) is 0 Å². The molecule has 4 heteroatoms. The zero-order valence-corrected chi connectivity index (χ0v) is 12.7. The zero-order valence-electron chi connectivity index (χ0n) is 12.7. The van der Waals surface area contributed by atoms with E-state index in [-0.39, 0.29) is 5.84 Å². The summed E-state index contributed by atoms with van der Waals surface area (Å²) in [4.78, 5) is 5.17. The summed E-state index contributed by atoms with van der Waals surface area (Å²) in [6.45, 7) is 5.54. The Balaban J connectivity index is 1.57. The lowest BCUT2D eigenvalue weighted by atomic mass is 10.1. The van der Waals surface area contributed by atoms with Crippen molar-refractivity contribution in [3.05, 3.63) is 35.4 Å². The van der Waals surface area contributed by atoms with Gasteiger partial charge in [-0.1, -0.05) is 37.1 Å². The summed E-state index contributed by atoms with van der Waals surface area (Å²) in [5.74, 6) is 0.176. The minimum atomic E-state index is 0.176. The maximum atomic E-state index is 7.69. The van der Waals surface area contributed by atoms with Crippen molar-refractivity contribution >= 4 is 5.84 Å². The molecule has 2 fully saturated rings. The van der Waals surface area contributed by atoms with Crippen LogP contribution >= 0.6 is 0 Å². The summed E-state index contributed by atoms with van der Waals surface area (Å²) in [6.07, 6.45) is 5.62. The van der Waals surface area contributed by atoms with E-state index in [4.69, 9.17) is 11.1 Å². The number of nitrogen functional groups attached to an aromatic ring is 1. The van der Waals surface area contributed by atoms with Crippen LogP contribution in [0, 0.1) is 5.41 Å². The molecule has 1 aromatic carbocycles. The van der Waals surface area contributed by atoms with Gasteiger partial charge in [0, 0.05) is 44.3 Å². The zero-order chi connectivity index (χ0) is 14.7. The second-order valence-electron chi connectivity index (χ2n) is 6.32. The first kappa shape index (κ1) is 14.5. The van der Waals surface area contributed by atoms with Crippen LogP contribution in [0.5, 0.6) is 0 Å². The van der Waals surface area contributed by atoms with E-state index in [1.165, 1.54) is 44.3 Å². The molecule has 1 aliphatic carbocycles. The van der Waals surface area contributed by atoms with Crippen LogP contribution in [-0.4, -0.2) is 47.9 Å². The van der Waals surface area contributed by atoms with Crippen LogP contribution in [0.2, 0.25) is 0 Å². The van der Waals surface area contributed by atoms with Crippen LogP contribution in [0.1, 0.15) is 36.8 Å². The molecule has 0 amide bonds. The van der Waals surface area contributed by atoms with E-state index in [2.05, 4.69) is 15.9 Å². The molecule has 0 spiro atoms. The van der Waals surface area contributed by atoms with Gasteiger partial charge in [0.15, 0.2) is 0 Å². The van der Waals surface area contributed by atoms with Gasteiger partial charge in [0.25, 0.3) is 0 Å². The molecule has 3 N–H and O–H groups in total. The highest BCUT2D eigenvalue weighted by molar-refractivity contribution is 5.96. The van der Waals surface area contributed by atoms with Gasteiger partial charge < -0.3 is 5.73 Å². The number of amidine groups is 1. The van der Waals surface area contributed by atoms with Crippen molar-refractivity contribution in [3.8, 4) is 0 Å². The second-order valence-corrected chi connectivity index (χ2v) is 6.32. The Morgan fingerprint density at radius 3 is 2.43 bits per heavy atom. The lowest BCUT2D eigenvalue weighted by Gasteiger charge is -2.38.